The van der Waals surface area contributed by atoms with Crippen LogP contribution in [0.1, 0.15) is 5.82 Å². The van der Waals surface area contributed by atoms with E-state index in [9.17, 15) is 4.39 Å². The molecule has 0 aliphatic rings. The van der Waals surface area contributed by atoms with E-state index in [0.717, 1.165) is 0 Å². The third-order valence-electron chi connectivity index (χ3n) is 2.00. The normalized spacial score (nSPS) is 10.7. The maximum absolute atomic E-state index is 12.9. The lowest BCUT2D eigenvalue weighted by molar-refractivity contribution is 0.422. The van der Waals surface area contributed by atoms with E-state index >= 15 is 0 Å². The molecule has 0 saturated carbocycles. The lowest BCUT2D eigenvalue weighted by atomic mass is 10.2. The molecular formula is C10H9BrFN3O. The van der Waals surface area contributed by atoms with Crippen molar-refractivity contribution in [1.82, 2.24) is 10.1 Å². The fourth-order valence-corrected chi connectivity index (χ4v) is 1.78. The van der Waals surface area contributed by atoms with Crippen LogP contribution in [0.2, 0.25) is 0 Å². The second-order valence-electron chi connectivity index (χ2n) is 3.18. The van der Waals surface area contributed by atoms with E-state index < -0.39 is 0 Å². The molecule has 2 N–H and O–H groups in total. The molecule has 0 spiro atoms. The zero-order valence-electron chi connectivity index (χ0n) is 8.28. The number of hydrogen-bond donors (Lipinski definition) is 1. The van der Waals surface area contributed by atoms with E-state index in [1.165, 1.54) is 12.1 Å². The third kappa shape index (κ3) is 2.28. The zero-order valence-corrected chi connectivity index (χ0v) is 9.87. The molecule has 1 heterocycles. The van der Waals surface area contributed by atoms with Crippen LogP contribution in [0.15, 0.2) is 27.2 Å². The van der Waals surface area contributed by atoms with E-state index in [1.807, 2.05) is 0 Å². The van der Waals surface area contributed by atoms with E-state index in [-0.39, 0.29) is 5.82 Å². The number of rotatable bonds is 3. The Morgan fingerprint density at radius 3 is 2.94 bits per heavy atom. The van der Waals surface area contributed by atoms with Gasteiger partial charge in [0.25, 0.3) is 5.89 Å². The van der Waals surface area contributed by atoms with Crippen LogP contribution < -0.4 is 5.73 Å². The standard InChI is InChI=1S/C10H9BrFN3O/c11-8-5-6(12)1-2-7(8)10-14-9(3-4-13)15-16-10/h1-2,5H,3-4,13H2. The minimum Gasteiger partial charge on any atom is -0.334 e. The first kappa shape index (κ1) is 11.2. The van der Waals surface area contributed by atoms with Gasteiger partial charge < -0.3 is 10.3 Å². The predicted molar refractivity (Wildman–Crippen MR) is 60.2 cm³/mol. The van der Waals surface area contributed by atoms with Crippen molar-refractivity contribution >= 4 is 15.9 Å². The highest BCUT2D eigenvalue weighted by Gasteiger charge is 2.11. The second kappa shape index (κ2) is 4.71. The monoisotopic (exact) mass is 285 g/mol. The molecule has 4 nitrogen and oxygen atoms in total. The first-order chi connectivity index (χ1) is 7.70. The van der Waals surface area contributed by atoms with Gasteiger partial charge in [-0.2, -0.15) is 4.98 Å². The van der Waals surface area contributed by atoms with Gasteiger partial charge in [0.2, 0.25) is 0 Å². The molecule has 16 heavy (non-hydrogen) atoms. The Labute approximate surface area is 99.8 Å². The summed E-state index contributed by atoms with van der Waals surface area (Å²) in [6.45, 7) is 0.462. The van der Waals surface area contributed by atoms with Crippen molar-refractivity contribution in [2.75, 3.05) is 6.54 Å². The highest BCUT2D eigenvalue weighted by Crippen LogP contribution is 2.27. The van der Waals surface area contributed by atoms with Gasteiger partial charge >= 0.3 is 0 Å². The van der Waals surface area contributed by atoms with Crippen LogP contribution in [0.4, 0.5) is 4.39 Å². The van der Waals surface area contributed by atoms with Crippen LogP contribution >= 0.6 is 15.9 Å². The third-order valence-corrected chi connectivity index (χ3v) is 2.65. The summed E-state index contributed by atoms with van der Waals surface area (Å²) >= 11 is 3.24. The van der Waals surface area contributed by atoms with Gasteiger partial charge in [0.15, 0.2) is 5.82 Å². The summed E-state index contributed by atoms with van der Waals surface area (Å²) in [6.07, 6.45) is 0.558. The van der Waals surface area contributed by atoms with Gasteiger partial charge in [0.1, 0.15) is 5.82 Å². The Morgan fingerprint density at radius 2 is 2.25 bits per heavy atom. The van der Waals surface area contributed by atoms with Gasteiger partial charge in [-0.05, 0) is 40.7 Å². The number of hydrogen-bond acceptors (Lipinski definition) is 4. The molecule has 0 amide bonds. The van der Waals surface area contributed by atoms with Crippen LogP contribution in [0.25, 0.3) is 11.5 Å². The predicted octanol–water partition coefficient (Wildman–Crippen LogP) is 2.14. The molecular weight excluding hydrogens is 277 g/mol. The minimum atomic E-state index is -0.322. The molecule has 6 heteroatoms. The Hall–Kier alpha value is -1.27. The smallest absolute Gasteiger partial charge is 0.259 e. The molecule has 1 aromatic carbocycles. The topological polar surface area (TPSA) is 64.9 Å². The first-order valence-electron chi connectivity index (χ1n) is 4.69. The van der Waals surface area contributed by atoms with Crippen molar-refractivity contribution in [3.05, 3.63) is 34.3 Å². The lowest BCUT2D eigenvalue weighted by Crippen LogP contribution is -2.03. The van der Waals surface area contributed by atoms with Crippen molar-refractivity contribution in [3.8, 4) is 11.5 Å². The van der Waals surface area contributed by atoms with Crippen molar-refractivity contribution in [2.24, 2.45) is 5.73 Å². The van der Waals surface area contributed by atoms with Crippen molar-refractivity contribution in [3.63, 3.8) is 0 Å². The largest absolute Gasteiger partial charge is 0.334 e. The maximum atomic E-state index is 12.9. The van der Waals surface area contributed by atoms with Crippen LogP contribution in [-0.4, -0.2) is 16.7 Å². The van der Waals surface area contributed by atoms with E-state index in [2.05, 4.69) is 26.1 Å². The van der Waals surface area contributed by atoms with Gasteiger partial charge in [0.05, 0.1) is 5.56 Å². The maximum Gasteiger partial charge on any atom is 0.259 e. The van der Waals surface area contributed by atoms with Crippen molar-refractivity contribution < 1.29 is 8.91 Å². The van der Waals surface area contributed by atoms with Crippen molar-refractivity contribution in [2.45, 2.75) is 6.42 Å². The number of benzene rings is 1. The molecule has 2 rings (SSSR count). The van der Waals surface area contributed by atoms with Gasteiger partial charge in [-0.25, -0.2) is 4.39 Å². The lowest BCUT2D eigenvalue weighted by Gasteiger charge is -1.97. The molecule has 2 aromatic rings. The Bertz CT molecular complexity index is 501. The highest BCUT2D eigenvalue weighted by molar-refractivity contribution is 9.10. The molecule has 0 fully saturated rings. The number of aromatic nitrogens is 2. The molecule has 0 unspecified atom stereocenters. The van der Waals surface area contributed by atoms with Crippen molar-refractivity contribution in [1.29, 1.82) is 0 Å². The van der Waals surface area contributed by atoms with Gasteiger partial charge in [-0.1, -0.05) is 5.16 Å². The first-order valence-corrected chi connectivity index (χ1v) is 5.48. The fraction of sp³-hybridized carbons (Fsp3) is 0.200. The molecule has 1 aromatic heterocycles. The molecule has 0 aliphatic heterocycles. The summed E-state index contributed by atoms with van der Waals surface area (Å²) in [5.41, 5.74) is 6.04. The Morgan fingerprint density at radius 1 is 1.44 bits per heavy atom. The minimum absolute atomic E-state index is 0.322. The van der Waals surface area contributed by atoms with Gasteiger partial charge in [-0.3, -0.25) is 0 Å². The van der Waals surface area contributed by atoms with E-state index in [1.54, 1.807) is 6.07 Å². The second-order valence-corrected chi connectivity index (χ2v) is 4.03. The summed E-state index contributed by atoms with van der Waals surface area (Å²) in [6, 6.07) is 4.27. The van der Waals surface area contributed by atoms with Gasteiger partial charge in [-0.15, -0.1) is 0 Å². The zero-order chi connectivity index (χ0) is 11.5. The van der Waals surface area contributed by atoms with Crippen LogP contribution in [0, 0.1) is 5.82 Å². The average Bonchev–Trinajstić information content (AvgIpc) is 2.67. The van der Waals surface area contributed by atoms with E-state index in [4.69, 9.17) is 10.3 Å². The SMILES string of the molecule is NCCc1noc(-c2ccc(F)cc2Br)n1. The number of nitrogens with two attached hydrogens (primary N) is 1. The fourth-order valence-electron chi connectivity index (χ4n) is 1.26. The van der Waals surface area contributed by atoms with Crippen LogP contribution in [-0.2, 0) is 6.42 Å². The Kier molecular flexibility index (Phi) is 3.31. The Balaban J connectivity index is 2.35. The average molecular weight is 286 g/mol. The molecule has 0 aliphatic carbocycles. The van der Waals surface area contributed by atoms with Gasteiger partial charge in [0, 0.05) is 10.9 Å². The summed E-state index contributed by atoms with van der Waals surface area (Å²) in [7, 11) is 0. The molecule has 0 atom stereocenters. The highest BCUT2D eigenvalue weighted by atomic mass is 79.9. The van der Waals surface area contributed by atoms with Crippen LogP contribution in [0.3, 0.4) is 0 Å². The van der Waals surface area contributed by atoms with Crippen LogP contribution in [0.5, 0.6) is 0 Å². The number of halogens is 2. The molecule has 0 saturated heterocycles. The summed E-state index contributed by atoms with van der Waals surface area (Å²) in [4.78, 5) is 4.15. The molecule has 0 bridgehead atoms. The summed E-state index contributed by atoms with van der Waals surface area (Å²) in [5.74, 6) is 0.585. The number of nitrogens with zero attached hydrogens (tertiary/aromatic N) is 2. The summed E-state index contributed by atoms with van der Waals surface area (Å²) < 4.78 is 18.5. The van der Waals surface area contributed by atoms with E-state index in [0.29, 0.717) is 34.7 Å². The molecule has 84 valence electrons. The molecule has 0 radical (unpaired) electrons. The summed E-state index contributed by atoms with van der Waals surface area (Å²) in [5, 5.41) is 3.77. The quantitative estimate of drug-likeness (QED) is 0.938.